The molecular weight excluding hydrogens is 326 g/mol. The summed E-state index contributed by atoms with van der Waals surface area (Å²) in [6, 6.07) is 4.77. The third-order valence-electron chi connectivity index (χ3n) is 3.82. The first-order valence-corrected chi connectivity index (χ1v) is 8.19. The van der Waals surface area contributed by atoms with Gasteiger partial charge in [-0.15, -0.1) is 0 Å². The van der Waals surface area contributed by atoms with E-state index in [1.807, 2.05) is 20.8 Å². The van der Waals surface area contributed by atoms with E-state index in [9.17, 15) is 14.7 Å². The van der Waals surface area contributed by atoms with Crippen molar-refractivity contribution in [1.29, 1.82) is 0 Å². The summed E-state index contributed by atoms with van der Waals surface area (Å²) in [5, 5.41) is 9.32. The molecule has 1 fully saturated rings. The zero-order valence-corrected chi connectivity index (χ0v) is 15.1. The number of hydrogen-bond acceptors (Lipinski definition) is 5. The van der Waals surface area contributed by atoms with Gasteiger partial charge in [-0.3, -0.25) is 4.90 Å². The van der Waals surface area contributed by atoms with Crippen LogP contribution in [0.1, 0.15) is 43.1 Å². The van der Waals surface area contributed by atoms with Crippen molar-refractivity contribution in [1.82, 2.24) is 4.90 Å². The highest BCUT2D eigenvalue weighted by Gasteiger charge is 2.31. The van der Waals surface area contributed by atoms with E-state index in [0.29, 0.717) is 18.8 Å². The Morgan fingerprint density at radius 1 is 1.36 bits per heavy atom. The van der Waals surface area contributed by atoms with Gasteiger partial charge in [-0.1, -0.05) is 6.07 Å². The van der Waals surface area contributed by atoms with Crippen molar-refractivity contribution in [3.05, 3.63) is 29.3 Å². The van der Waals surface area contributed by atoms with Crippen LogP contribution in [-0.4, -0.2) is 54.0 Å². The molecule has 1 aliphatic heterocycles. The Kier molecular flexibility index (Phi) is 5.89. The van der Waals surface area contributed by atoms with E-state index >= 15 is 0 Å². The summed E-state index contributed by atoms with van der Waals surface area (Å²) in [5.41, 5.74) is 0.142. The lowest BCUT2D eigenvalue weighted by molar-refractivity contribution is 0.0126. The molecule has 0 aromatic heterocycles. The van der Waals surface area contributed by atoms with Crippen molar-refractivity contribution < 1.29 is 28.9 Å². The molecule has 25 heavy (non-hydrogen) atoms. The summed E-state index contributed by atoms with van der Waals surface area (Å²) in [4.78, 5) is 25.6. The maximum absolute atomic E-state index is 12.6. The molecule has 0 saturated carbocycles. The van der Waals surface area contributed by atoms with Gasteiger partial charge in [0.25, 0.3) is 0 Å². The number of carbonyl (C=O) groups excluding carboxylic acids is 1. The number of carbonyl (C=O) groups is 2. The number of aromatic carboxylic acids is 1. The number of carboxylic acids is 1. The molecule has 1 unspecified atom stereocenters. The van der Waals surface area contributed by atoms with Crippen LogP contribution in [0.4, 0.5) is 4.79 Å². The van der Waals surface area contributed by atoms with Crippen LogP contribution in [0.5, 0.6) is 5.75 Å². The first-order valence-electron chi connectivity index (χ1n) is 8.19. The molecule has 1 heterocycles. The SMILES string of the molecule is COc1ccc(CN(C(=O)OC(C)(C)C)C2CCOC2)cc1C(=O)O. The van der Waals surface area contributed by atoms with E-state index in [1.165, 1.54) is 13.2 Å². The van der Waals surface area contributed by atoms with Crippen LogP contribution < -0.4 is 4.74 Å². The third-order valence-corrected chi connectivity index (χ3v) is 3.82. The van der Waals surface area contributed by atoms with Crippen molar-refractivity contribution in [2.24, 2.45) is 0 Å². The molecular formula is C18H25NO6. The average molecular weight is 351 g/mol. The minimum Gasteiger partial charge on any atom is -0.496 e. The van der Waals surface area contributed by atoms with Gasteiger partial charge in [-0.25, -0.2) is 9.59 Å². The molecule has 1 atom stereocenters. The molecule has 0 aliphatic carbocycles. The molecule has 7 heteroatoms. The highest BCUT2D eigenvalue weighted by molar-refractivity contribution is 5.91. The van der Waals surface area contributed by atoms with Crippen LogP contribution in [0.3, 0.4) is 0 Å². The molecule has 1 aromatic carbocycles. The first kappa shape index (κ1) is 19.1. The second-order valence-corrected chi connectivity index (χ2v) is 6.97. The minimum atomic E-state index is -1.08. The fourth-order valence-electron chi connectivity index (χ4n) is 2.65. The van der Waals surface area contributed by atoms with Crippen molar-refractivity contribution in [2.45, 2.75) is 45.4 Å². The van der Waals surface area contributed by atoms with Crippen molar-refractivity contribution in [2.75, 3.05) is 20.3 Å². The average Bonchev–Trinajstić information content (AvgIpc) is 3.04. The van der Waals surface area contributed by atoms with Gasteiger partial charge in [0.15, 0.2) is 0 Å². The number of hydrogen-bond donors (Lipinski definition) is 1. The predicted octanol–water partition coefficient (Wildman–Crippen LogP) is 2.92. The topological polar surface area (TPSA) is 85.3 Å². The Hall–Kier alpha value is -2.28. The fraction of sp³-hybridized carbons (Fsp3) is 0.556. The Labute approximate surface area is 147 Å². The molecule has 2 rings (SSSR count). The van der Waals surface area contributed by atoms with Crippen LogP contribution in [0.25, 0.3) is 0 Å². The highest BCUT2D eigenvalue weighted by atomic mass is 16.6. The molecule has 0 bridgehead atoms. The second kappa shape index (κ2) is 7.74. The Morgan fingerprint density at radius 2 is 2.08 bits per heavy atom. The molecule has 1 N–H and O–H groups in total. The van der Waals surface area contributed by atoms with Crippen LogP contribution in [-0.2, 0) is 16.0 Å². The standard InChI is InChI=1S/C18H25NO6/c1-18(2,3)25-17(22)19(13-7-8-24-11-13)10-12-5-6-15(23-4)14(9-12)16(20)21/h5-6,9,13H,7-8,10-11H2,1-4H3,(H,20,21). The van der Waals surface area contributed by atoms with Crippen LogP contribution in [0.15, 0.2) is 18.2 Å². The summed E-state index contributed by atoms with van der Waals surface area (Å²) in [7, 11) is 1.42. The van der Waals surface area contributed by atoms with Crippen molar-refractivity contribution >= 4 is 12.1 Å². The maximum Gasteiger partial charge on any atom is 0.410 e. The Bertz CT molecular complexity index is 631. The van der Waals surface area contributed by atoms with E-state index in [0.717, 1.165) is 6.42 Å². The molecule has 0 radical (unpaired) electrons. The lowest BCUT2D eigenvalue weighted by atomic mass is 10.1. The van der Waals surface area contributed by atoms with Crippen LogP contribution in [0.2, 0.25) is 0 Å². The number of amides is 1. The van der Waals surface area contributed by atoms with Crippen LogP contribution in [0, 0.1) is 0 Å². The van der Waals surface area contributed by atoms with E-state index in [4.69, 9.17) is 14.2 Å². The van der Waals surface area contributed by atoms with Gasteiger partial charge in [-0.2, -0.15) is 0 Å². The normalized spacial score (nSPS) is 17.2. The number of carboxylic acid groups (broad SMARTS) is 1. The number of ether oxygens (including phenoxy) is 3. The Morgan fingerprint density at radius 3 is 2.60 bits per heavy atom. The zero-order chi connectivity index (χ0) is 18.6. The lowest BCUT2D eigenvalue weighted by Crippen LogP contribution is -2.43. The van der Waals surface area contributed by atoms with Crippen LogP contribution >= 0.6 is 0 Å². The summed E-state index contributed by atoms with van der Waals surface area (Å²) >= 11 is 0. The molecule has 1 saturated heterocycles. The molecule has 7 nitrogen and oxygen atoms in total. The lowest BCUT2D eigenvalue weighted by Gasteiger charge is -2.31. The second-order valence-electron chi connectivity index (χ2n) is 6.97. The first-order chi connectivity index (χ1) is 11.7. The van der Waals surface area contributed by atoms with Gasteiger partial charge in [-0.05, 0) is 44.9 Å². The van der Waals surface area contributed by atoms with Gasteiger partial charge in [0.1, 0.15) is 16.9 Å². The summed E-state index contributed by atoms with van der Waals surface area (Å²) < 4.78 is 16.0. The number of rotatable bonds is 5. The van der Waals surface area contributed by atoms with Gasteiger partial charge in [0.2, 0.25) is 0 Å². The quantitative estimate of drug-likeness (QED) is 0.878. The Balaban J connectivity index is 2.25. The van der Waals surface area contributed by atoms with E-state index in [-0.39, 0.29) is 23.9 Å². The van der Waals surface area contributed by atoms with Gasteiger partial charge in [0.05, 0.1) is 19.8 Å². The van der Waals surface area contributed by atoms with Crippen molar-refractivity contribution in [3.8, 4) is 5.75 Å². The molecule has 1 amide bonds. The zero-order valence-electron chi connectivity index (χ0n) is 15.1. The van der Waals surface area contributed by atoms with Gasteiger partial charge in [0, 0.05) is 13.2 Å². The predicted molar refractivity (Wildman–Crippen MR) is 91.0 cm³/mol. The molecule has 1 aliphatic rings. The summed E-state index contributed by atoms with van der Waals surface area (Å²) in [5.74, 6) is -0.795. The molecule has 1 aromatic rings. The highest BCUT2D eigenvalue weighted by Crippen LogP contribution is 2.24. The number of methoxy groups -OCH3 is 1. The largest absolute Gasteiger partial charge is 0.496 e. The van der Waals surface area contributed by atoms with E-state index in [2.05, 4.69) is 0 Å². The molecule has 0 spiro atoms. The summed E-state index contributed by atoms with van der Waals surface area (Å²) in [6.07, 6.45) is 0.289. The van der Waals surface area contributed by atoms with Crippen molar-refractivity contribution in [3.63, 3.8) is 0 Å². The van der Waals surface area contributed by atoms with Gasteiger partial charge < -0.3 is 19.3 Å². The number of nitrogens with zero attached hydrogens (tertiary/aromatic N) is 1. The van der Waals surface area contributed by atoms with E-state index in [1.54, 1.807) is 17.0 Å². The van der Waals surface area contributed by atoms with E-state index < -0.39 is 17.7 Å². The molecule has 138 valence electrons. The fourth-order valence-corrected chi connectivity index (χ4v) is 2.65. The monoisotopic (exact) mass is 351 g/mol. The minimum absolute atomic E-state index is 0.0619. The maximum atomic E-state index is 12.6. The third kappa shape index (κ3) is 5.09. The number of benzene rings is 1. The summed E-state index contributed by atoms with van der Waals surface area (Å²) in [6.45, 7) is 6.71. The van der Waals surface area contributed by atoms with Gasteiger partial charge >= 0.3 is 12.1 Å². The smallest absolute Gasteiger partial charge is 0.410 e.